The average molecular weight is 367 g/mol. The number of benzene rings is 2. The number of anilines is 1. The predicted molar refractivity (Wildman–Crippen MR) is 107 cm³/mol. The van der Waals surface area contributed by atoms with Crippen LogP contribution in [0.3, 0.4) is 0 Å². The van der Waals surface area contributed by atoms with Crippen LogP contribution in [0.4, 0.5) is 5.69 Å². The Hall–Kier alpha value is -3.22. The molecule has 3 rings (SSSR count). The molecule has 4 N–H and O–H groups in total. The highest BCUT2D eigenvalue weighted by Crippen LogP contribution is 2.27. The van der Waals surface area contributed by atoms with E-state index in [2.05, 4.69) is 20.1 Å². The molecule has 1 aliphatic rings. The molecule has 1 aliphatic heterocycles. The van der Waals surface area contributed by atoms with Crippen molar-refractivity contribution in [1.29, 1.82) is 0 Å². The zero-order valence-corrected chi connectivity index (χ0v) is 15.4. The summed E-state index contributed by atoms with van der Waals surface area (Å²) in [6.07, 6.45) is 0. The minimum atomic E-state index is -0.429. The number of para-hydroxylation sites is 2. The Kier molecular flexibility index (Phi) is 5.80. The van der Waals surface area contributed by atoms with Crippen LogP contribution < -0.4 is 16.0 Å². The Bertz CT molecular complexity index is 829. The number of amides is 1. The van der Waals surface area contributed by atoms with Crippen LogP contribution >= 0.6 is 0 Å². The highest BCUT2D eigenvalue weighted by atomic mass is 16.3. The molecule has 0 unspecified atom stereocenters. The number of primary amides is 1. The lowest BCUT2D eigenvalue weighted by Crippen LogP contribution is -2.52. The number of nitrogens with zero attached hydrogens (tertiary/aromatic N) is 3. The number of carbonyl (C=O) groups is 1. The van der Waals surface area contributed by atoms with E-state index in [-0.39, 0.29) is 0 Å². The summed E-state index contributed by atoms with van der Waals surface area (Å²) in [7, 11) is 1.76. The maximum Gasteiger partial charge on any atom is 0.248 e. The first kappa shape index (κ1) is 18.6. The Morgan fingerprint density at radius 3 is 2.56 bits per heavy atom. The molecule has 1 amide bonds. The first-order valence-corrected chi connectivity index (χ1v) is 8.96. The third-order valence-electron chi connectivity index (χ3n) is 4.68. The minimum Gasteiger partial charge on any atom is -0.506 e. The number of phenolic OH excluding ortho intramolecular Hbond substituents is 1. The minimum absolute atomic E-state index is 0.308. The highest BCUT2D eigenvalue weighted by molar-refractivity contribution is 5.92. The first-order valence-electron chi connectivity index (χ1n) is 8.96. The van der Waals surface area contributed by atoms with Crippen LogP contribution in [-0.4, -0.2) is 55.1 Å². The second-order valence-corrected chi connectivity index (χ2v) is 6.43. The van der Waals surface area contributed by atoms with Gasteiger partial charge in [-0.15, -0.1) is 0 Å². The lowest BCUT2D eigenvalue weighted by atomic mass is 10.1. The first-order chi connectivity index (χ1) is 13.1. The Morgan fingerprint density at radius 2 is 1.89 bits per heavy atom. The van der Waals surface area contributed by atoms with Gasteiger partial charge in [0, 0.05) is 45.3 Å². The van der Waals surface area contributed by atoms with Crippen LogP contribution in [0.15, 0.2) is 53.5 Å². The number of carbonyl (C=O) groups excluding carboxylic acids is 1. The molecular formula is C20H25N5O2. The smallest absolute Gasteiger partial charge is 0.248 e. The van der Waals surface area contributed by atoms with Crippen LogP contribution in [0.5, 0.6) is 5.75 Å². The number of aliphatic imine (C=N–C) groups is 1. The van der Waals surface area contributed by atoms with Gasteiger partial charge in [0.05, 0.1) is 5.69 Å². The van der Waals surface area contributed by atoms with Crippen LogP contribution in [0, 0.1) is 0 Å². The van der Waals surface area contributed by atoms with Gasteiger partial charge in [0.15, 0.2) is 5.96 Å². The average Bonchev–Trinajstić information content (AvgIpc) is 2.69. The van der Waals surface area contributed by atoms with Crippen molar-refractivity contribution in [1.82, 2.24) is 10.2 Å². The van der Waals surface area contributed by atoms with Crippen molar-refractivity contribution in [2.75, 3.05) is 38.1 Å². The molecule has 0 bridgehead atoms. The molecule has 1 saturated heterocycles. The SMILES string of the molecule is CN=C(NCc1cccc(C(N)=O)c1)N1CCN(c2ccccc2O)CC1. The highest BCUT2D eigenvalue weighted by Gasteiger charge is 2.21. The van der Waals surface area contributed by atoms with Gasteiger partial charge in [-0.1, -0.05) is 24.3 Å². The normalized spacial score (nSPS) is 14.9. The zero-order chi connectivity index (χ0) is 19.2. The molecule has 0 spiro atoms. The van der Waals surface area contributed by atoms with Crippen LogP contribution in [0.25, 0.3) is 0 Å². The Labute approximate surface area is 159 Å². The number of aromatic hydroxyl groups is 1. The number of phenols is 1. The van der Waals surface area contributed by atoms with E-state index in [9.17, 15) is 9.90 Å². The number of hydrogen-bond acceptors (Lipinski definition) is 4. The number of piperazine rings is 1. The second kappa shape index (κ2) is 8.44. The van der Waals surface area contributed by atoms with Crippen molar-refractivity contribution in [2.45, 2.75) is 6.54 Å². The zero-order valence-electron chi connectivity index (χ0n) is 15.4. The van der Waals surface area contributed by atoms with Gasteiger partial charge in [-0.05, 0) is 29.8 Å². The van der Waals surface area contributed by atoms with Crippen LogP contribution in [0.1, 0.15) is 15.9 Å². The second-order valence-electron chi connectivity index (χ2n) is 6.43. The number of rotatable bonds is 4. The van der Waals surface area contributed by atoms with Gasteiger partial charge in [-0.3, -0.25) is 9.79 Å². The lowest BCUT2D eigenvalue weighted by Gasteiger charge is -2.37. The van der Waals surface area contributed by atoms with Crippen LogP contribution in [0.2, 0.25) is 0 Å². The number of hydrogen-bond donors (Lipinski definition) is 3. The maximum absolute atomic E-state index is 11.3. The molecule has 27 heavy (non-hydrogen) atoms. The third kappa shape index (κ3) is 4.49. The predicted octanol–water partition coefficient (Wildman–Crippen LogP) is 1.39. The van der Waals surface area contributed by atoms with E-state index in [1.165, 1.54) is 0 Å². The molecule has 7 heteroatoms. The van der Waals surface area contributed by atoms with Crippen molar-refractivity contribution in [3.05, 3.63) is 59.7 Å². The standard InChI is InChI=1S/C20H25N5O2/c1-22-20(23-14-15-5-4-6-16(13-15)19(21)27)25-11-9-24(10-12-25)17-7-2-3-8-18(17)26/h2-8,13,26H,9-12,14H2,1H3,(H2,21,27)(H,22,23). The van der Waals surface area contributed by atoms with E-state index in [0.29, 0.717) is 17.9 Å². The fraction of sp³-hybridized carbons (Fsp3) is 0.300. The largest absolute Gasteiger partial charge is 0.506 e. The fourth-order valence-corrected chi connectivity index (χ4v) is 3.24. The monoisotopic (exact) mass is 367 g/mol. The van der Waals surface area contributed by atoms with Gasteiger partial charge in [0.2, 0.25) is 5.91 Å². The van der Waals surface area contributed by atoms with E-state index >= 15 is 0 Å². The molecule has 2 aromatic rings. The number of nitrogens with two attached hydrogens (primary N) is 1. The molecule has 1 fully saturated rings. The number of guanidine groups is 1. The van der Waals surface area contributed by atoms with Crippen molar-refractivity contribution in [3.63, 3.8) is 0 Å². The molecule has 0 aliphatic carbocycles. The van der Waals surface area contributed by atoms with Crippen molar-refractivity contribution >= 4 is 17.6 Å². The van der Waals surface area contributed by atoms with Gasteiger partial charge < -0.3 is 26.0 Å². The van der Waals surface area contributed by atoms with Gasteiger partial charge in [0.25, 0.3) is 0 Å². The summed E-state index contributed by atoms with van der Waals surface area (Å²) >= 11 is 0. The van der Waals surface area contributed by atoms with E-state index in [1.54, 1.807) is 25.2 Å². The van der Waals surface area contributed by atoms with Crippen molar-refractivity contribution in [2.24, 2.45) is 10.7 Å². The molecule has 1 heterocycles. The van der Waals surface area contributed by atoms with E-state index in [4.69, 9.17) is 5.73 Å². The summed E-state index contributed by atoms with van der Waals surface area (Å²) in [4.78, 5) is 20.1. The summed E-state index contributed by atoms with van der Waals surface area (Å²) < 4.78 is 0. The van der Waals surface area contributed by atoms with Crippen LogP contribution in [-0.2, 0) is 6.54 Å². The van der Waals surface area contributed by atoms with Gasteiger partial charge in [0.1, 0.15) is 5.75 Å². The molecule has 0 radical (unpaired) electrons. The van der Waals surface area contributed by atoms with Gasteiger partial charge in [-0.2, -0.15) is 0 Å². The number of nitrogens with one attached hydrogen (secondary N) is 1. The summed E-state index contributed by atoms with van der Waals surface area (Å²) in [5.41, 5.74) is 7.68. The molecule has 0 saturated carbocycles. The lowest BCUT2D eigenvalue weighted by molar-refractivity contribution is 0.1000. The molecule has 0 atom stereocenters. The Morgan fingerprint density at radius 1 is 1.15 bits per heavy atom. The topological polar surface area (TPSA) is 94.2 Å². The summed E-state index contributed by atoms with van der Waals surface area (Å²) in [6, 6.07) is 14.7. The molecule has 7 nitrogen and oxygen atoms in total. The fourth-order valence-electron chi connectivity index (χ4n) is 3.24. The van der Waals surface area contributed by atoms with Gasteiger partial charge in [-0.25, -0.2) is 0 Å². The summed E-state index contributed by atoms with van der Waals surface area (Å²) in [5.74, 6) is 0.695. The molecular weight excluding hydrogens is 342 g/mol. The van der Waals surface area contributed by atoms with Crippen molar-refractivity contribution < 1.29 is 9.90 Å². The third-order valence-corrected chi connectivity index (χ3v) is 4.68. The van der Waals surface area contributed by atoms with Gasteiger partial charge >= 0.3 is 0 Å². The summed E-state index contributed by atoms with van der Waals surface area (Å²) in [5, 5.41) is 13.4. The van der Waals surface area contributed by atoms with Crippen molar-refractivity contribution in [3.8, 4) is 5.75 Å². The van der Waals surface area contributed by atoms with E-state index in [1.807, 2.05) is 30.3 Å². The molecule has 142 valence electrons. The quantitative estimate of drug-likeness (QED) is 0.561. The molecule has 0 aromatic heterocycles. The molecule has 2 aromatic carbocycles. The van der Waals surface area contributed by atoms with E-state index < -0.39 is 5.91 Å². The van der Waals surface area contributed by atoms with E-state index in [0.717, 1.165) is 43.4 Å². The summed E-state index contributed by atoms with van der Waals surface area (Å²) in [6.45, 7) is 3.77. The Balaban J connectivity index is 1.57. The maximum atomic E-state index is 11.3.